The Bertz CT molecular complexity index is 145. The zero-order chi connectivity index (χ0) is 8.15. The molecule has 1 N–H and O–H groups in total. The minimum Gasteiger partial charge on any atom is -0.480 e. The van der Waals surface area contributed by atoms with Gasteiger partial charge in [-0.15, -0.1) is 0 Å². The van der Waals surface area contributed by atoms with E-state index in [-0.39, 0.29) is 6.42 Å². The third kappa shape index (κ3) is 3.45. The lowest BCUT2D eigenvalue weighted by molar-refractivity contribution is -0.144. The second kappa shape index (κ2) is 4.27. The monoisotopic (exact) mass is 210 g/mol. The number of ether oxygens (including phenoxy) is 1. The molecule has 0 aromatic heterocycles. The van der Waals surface area contributed by atoms with E-state index in [2.05, 4.69) is 20.7 Å². The van der Waals surface area contributed by atoms with E-state index in [0.717, 1.165) is 0 Å². The molecule has 0 amide bonds. The van der Waals surface area contributed by atoms with Crippen LogP contribution in [0.5, 0.6) is 0 Å². The Balaban J connectivity index is 3.68. The molecule has 0 unspecified atom stereocenters. The number of hydrogen-bond donors (Lipinski definition) is 1. The molecule has 0 aromatic carbocycles. The van der Waals surface area contributed by atoms with Crippen LogP contribution in [0.2, 0.25) is 0 Å². The van der Waals surface area contributed by atoms with E-state index in [4.69, 9.17) is 5.11 Å². The van der Waals surface area contributed by atoms with Gasteiger partial charge in [0.25, 0.3) is 0 Å². The summed E-state index contributed by atoms with van der Waals surface area (Å²) in [7, 11) is 1.21. The first-order valence-corrected chi connectivity index (χ1v) is 3.43. The second-order valence-electron chi connectivity index (χ2n) is 1.59. The van der Waals surface area contributed by atoms with E-state index in [9.17, 15) is 9.59 Å². The smallest absolute Gasteiger partial charge is 0.317 e. The van der Waals surface area contributed by atoms with Gasteiger partial charge in [0.05, 0.1) is 13.5 Å². The fourth-order valence-corrected chi connectivity index (χ4v) is 0.581. The highest BCUT2D eigenvalue weighted by Gasteiger charge is 2.17. The number of rotatable bonds is 3. The fraction of sp³-hybridized carbons (Fsp3) is 0.600. The van der Waals surface area contributed by atoms with Crippen molar-refractivity contribution in [1.82, 2.24) is 0 Å². The molecule has 0 saturated carbocycles. The van der Waals surface area contributed by atoms with Crippen LogP contribution in [-0.4, -0.2) is 29.0 Å². The second-order valence-corrected chi connectivity index (χ2v) is 2.69. The number of esters is 1. The molecule has 0 fully saturated rings. The summed E-state index contributed by atoms with van der Waals surface area (Å²) in [5, 5.41) is 8.27. The maximum absolute atomic E-state index is 10.4. The van der Waals surface area contributed by atoms with Gasteiger partial charge in [-0.2, -0.15) is 0 Å². The van der Waals surface area contributed by atoms with Crippen molar-refractivity contribution in [2.24, 2.45) is 0 Å². The lowest BCUT2D eigenvalue weighted by Crippen LogP contribution is -2.17. The van der Waals surface area contributed by atoms with Gasteiger partial charge < -0.3 is 9.84 Å². The molecule has 1 atom stereocenters. The first-order valence-electron chi connectivity index (χ1n) is 2.51. The van der Waals surface area contributed by atoms with Crippen LogP contribution in [-0.2, 0) is 14.3 Å². The molecule has 0 saturated heterocycles. The normalized spacial score (nSPS) is 12.2. The zero-order valence-electron chi connectivity index (χ0n) is 5.33. The lowest BCUT2D eigenvalue weighted by Gasteiger charge is -2.00. The van der Waals surface area contributed by atoms with Gasteiger partial charge in [-0.3, -0.25) is 9.59 Å². The van der Waals surface area contributed by atoms with Crippen LogP contribution in [0.15, 0.2) is 0 Å². The SMILES string of the molecule is COC(=O)C[C@@H](Br)C(=O)O. The topological polar surface area (TPSA) is 63.6 Å². The molecule has 0 aliphatic heterocycles. The third-order valence-corrected chi connectivity index (χ3v) is 1.56. The van der Waals surface area contributed by atoms with Crippen LogP contribution in [0.25, 0.3) is 0 Å². The summed E-state index contributed by atoms with van der Waals surface area (Å²) in [5.74, 6) is -1.60. The molecule has 0 heterocycles. The highest BCUT2D eigenvalue weighted by atomic mass is 79.9. The van der Waals surface area contributed by atoms with Crippen LogP contribution < -0.4 is 0 Å². The maximum atomic E-state index is 10.4. The molecule has 5 heteroatoms. The molecule has 0 rings (SSSR count). The first kappa shape index (κ1) is 9.42. The number of alkyl halides is 1. The largest absolute Gasteiger partial charge is 0.480 e. The molecule has 4 nitrogen and oxygen atoms in total. The molecular weight excluding hydrogens is 204 g/mol. The Kier molecular flexibility index (Phi) is 4.02. The van der Waals surface area contributed by atoms with Crippen molar-refractivity contribution < 1.29 is 19.4 Å². The van der Waals surface area contributed by atoms with Gasteiger partial charge in [-0.25, -0.2) is 0 Å². The Labute approximate surface area is 66.3 Å². The van der Waals surface area contributed by atoms with Crippen molar-refractivity contribution >= 4 is 27.9 Å². The average Bonchev–Trinajstić information content (AvgIpc) is 1.87. The van der Waals surface area contributed by atoms with Crippen LogP contribution in [0.1, 0.15) is 6.42 Å². The van der Waals surface area contributed by atoms with Gasteiger partial charge in [-0.05, 0) is 0 Å². The Morgan fingerprint density at radius 2 is 2.20 bits per heavy atom. The average molecular weight is 211 g/mol. The van der Waals surface area contributed by atoms with E-state index in [0.29, 0.717) is 0 Å². The highest BCUT2D eigenvalue weighted by Crippen LogP contribution is 2.05. The van der Waals surface area contributed by atoms with Crippen LogP contribution in [0, 0.1) is 0 Å². The molecule has 58 valence electrons. The summed E-state index contributed by atoms with van der Waals surface area (Å²) < 4.78 is 4.24. The van der Waals surface area contributed by atoms with Crippen molar-refractivity contribution in [1.29, 1.82) is 0 Å². The summed E-state index contributed by atoms with van der Waals surface area (Å²) in [4.78, 5) is 19.7. The van der Waals surface area contributed by atoms with Crippen molar-refractivity contribution in [2.45, 2.75) is 11.2 Å². The molecule has 0 radical (unpaired) electrons. The molecule has 0 spiro atoms. The van der Waals surface area contributed by atoms with Crippen LogP contribution >= 0.6 is 15.9 Å². The first-order chi connectivity index (χ1) is 4.57. The predicted molar refractivity (Wildman–Crippen MR) is 37.0 cm³/mol. The molecule has 0 aliphatic rings. The van der Waals surface area contributed by atoms with Gasteiger partial charge >= 0.3 is 11.9 Å². The van der Waals surface area contributed by atoms with Gasteiger partial charge in [0.1, 0.15) is 4.83 Å². The van der Waals surface area contributed by atoms with Crippen molar-refractivity contribution in [3.8, 4) is 0 Å². The number of carbonyl (C=O) groups excluding carboxylic acids is 1. The highest BCUT2D eigenvalue weighted by molar-refractivity contribution is 9.10. The number of aliphatic carboxylic acids is 1. The van der Waals surface area contributed by atoms with Gasteiger partial charge in [0.2, 0.25) is 0 Å². The maximum Gasteiger partial charge on any atom is 0.317 e. The summed E-state index contributed by atoms with van der Waals surface area (Å²) >= 11 is 2.78. The summed E-state index contributed by atoms with van der Waals surface area (Å²) in [6, 6.07) is 0. The molecular formula is C5H7BrO4. The Morgan fingerprint density at radius 3 is 2.50 bits per heavy atom. The molecule has 0 aromatic rings. The minimum atomic E-state index is -1.06. The minimum absolute atomic E-state index is 0.147. The number of hydrogen-bond acceptors (Lipinski definition) is 3. The van der Waals surface area contributed by atoms with Gasteiger partial charge in [0, 0.05) is 0 Å². The van der Waals surface area contributed by atoms with Gasteiger partial charge in [-0.1, -0.05) is 15.9 Å². The van der Waals surface area contributed by atoms with E-state index in [1.54, 1.807) is 0 Å². The van der Waals surface area contributed by atoms with E-state index >= 15 is 0 Å². The van der Waals surface area contributed by atoms with Crippen molar-refractivity contribution in [3.05, 3.63) is 0 Å². The van der Waals surface area contributed by atoms with Crippen LogP contribution in [0.4, 0.5) is 0 Å². The van der Waals surface area contributed by atoms with Crippen LogP contribution in [0.3, 0.4) is 0 Å². The number of methoxy groups -OCH3 is 1. The van der Waals surface area contributed by atoms with Gasteiger partial charge in [0.15, 0.2) is 0 Å². The number of carboxylic acids is 1. The summed E-state index contributed by atoms with van der Waals surface area (Å²) in [6.45, 7) is 0. The van der Waals surface area contributed by atoms with E-state index in [1.807, 2.05) is 0 Å². The van der Waals surface area contributed by atoms with Crippen molar-refractivity contribution in [3.63, 3.8) is 0 Å². The molecule has 10 heavy (non-hydrogen) atoms. The summed E-state index contributed by atoms with van der Waals surface area (Å²) in [5.41, 5.74) is 0. The standard InChI is InChI=1S/C5H7BrO4/c1-10-4(7)2-3(6)5(8)9/h3H,2H2,1H3,(H,8,9)/t3-/m1/s1. The number of carbonyl (C=O) groups is 2. The molecule has 0 aliphatic carbocycles. The van der Waals surface area contributed by atoms with E-state index < -0.39 is 16.8 Å². The lowest BCUT2D eigenvalue weighted by atomic mass is 10.3. The Hall–Kier alpha value is -0.580. The molecule has 0 bridgehead atoms. The fourth-order valence-electron chi connectivity index (χ4n) is 0.317. The third-order valence-electron chi connectivity index (χ3n) is 0.842. The number of carboxylic acid groups (broad SMARTS) is 1. The summed E-state index contributed by atoms with van der Waals surface area (Å²) in [6.07, 6.45) is -0.147. The van der Waals surface area contributed by atoms with E-state index in [1.165, 1.54) is 7.11 Å². The Morgan fingerprint density at radius 1 is 1.70 bits per heavy atom. The quantitative estimate of drug-likeness (QED) is 0.542. The predicted octanol–water partition coefficient (Wildman–Crippen LogP) is 0.398. The number of halogens is 1. The zero-order valence-corrected chi connectivity index (χ0v) is 6.92. The van der Waals surface area contributed by atoms with Crippen molar-refractivity contribution in [2.75, 3.05) is 7.11 Å².